The quantitative estimate of drug-likeness (QED) is 0.887. The van der Waals surface area contributed by atoms with E-state index >= 15 is 0 Å². The summed E-state index contributed by atoms with van der Waals surface area (Å²) in [6.07, 6.45) is 0. The van der Waals surface area contributed by atoms with E-state index in [-0.39, 0.29) is 11.6 Å². The molecule has 76 valence electrons. The topological polar surface area (TPSA) is 43.1 Å². The lowest BCUT2D eigenvalue weighted by Gasteiger charge is -2.11. The van der Waals surface area contributed by atoms with Gasteiger partial charge in [-0.1, -0.05) is 22.0 Å². The highest BCUT2D eigenvalue weighted by Gasteiger charge is 2.15. The average Bonchev–Trinajstić information content (AvgIpc) is 2.10. The molecule has 0 aliphatic carbocycles. The van der Waals surface area contributed by atoms with Gasteiger partial charge in [0.05, 0.1) is 6.04 Å². The van der Waals surface area contributed by atoms with Crippen LogP contribution in [0.2, 0.25) is 0 Å². The first-order valence-electron chi connectivity index (χ1n) is 4.15. The van der Waals surface area contributed by atoms with Crippen LogP contribution < -0.4 is 5.73 Å². The molecule has 0 amide bonds. The van der Waals surface area contributed by atoms with Gasteiger partial charge in [-0.2, -0.15) is 0 Å². The number of rotatable bonds is 2. The molecule has 0 spiro atoms. The van der Waals surface area contributed by atoms with Crippen molar-refractivity contribution in [3.05, 3.63) is 33.5 Å². The Kier molecular flexibility index (Phi) is 3.39. The molecule has 2 N–H and O–H groups in total. The Hall–Kier alpha value is -0.740. The van der Waals surface area contributed by atoms with Crippen LogP contribution in [0.25, 0.3) is 0 Å². The van der Waals surface area contributed by atoms with E-state index in [9.17, 15) is 9.18 Å². The van der Waals surface area contributed by atoms with E-state index in [0.29, 0.717) is 15.6 Å². The van der Waals surface area contributed by atoms with Crippen molar-refractivity contribution < 1.29 is 9.18 Å². The van der Waals surface area contributed by atoms with Crippen LogP contribution in [0, 0.1) is 12.7 Å². The van der Waals surface area contributed by atoms with Crippen molar-refractivity contribution in [2.24, 2.45) is 5.73 Å². The fourth-order valence-electron chi connectivity index (χ4n) is 1.14. The maximum atomic E-state index is 13.1. The molecule has 0 aliphatic rings. The number of carbonyl (C=O) groups is 1. The molecule has 0 bridgehead atoms. The van der Waals surface area contributed by atoms with Crippen LogP contribution in [-0.4, -0.2) is 5.78 Å². The molecule has 1 rings (SSSR count). The minimum atomic E-state index is -0.691. The van der Waals surface area contributed by atoms with E-state index in [1.165, 1.54) is 13.0 Å². The third-order valence-corrected chi connectivity index (χ3v) is 2.74. The number of carbonyl (C=O) groups excluding carboxylic acids is 1. The predicted molar refractivity (Wildman–Crippen MR) is 56.4 cm³/mol. The van der Waals surface area contributed by atoms with Crippen LogP contribution in [0.15, 0.2) is 16.6 Å². The number of hydrogen-bond acceptors (Lipinski definition) is 2. The van der Waals surface area contributed by atoms with E-state index < -0.39 is 6.04 Å². The molecule has 0 saturated heterocycles. The monoisotopic (exact) mass is 259 g/mol. The Labute approximate surface area is 90.4 Å². The lowest BCUT2D eigenvalue weighted by molar-refractivity contribution is -0.118. The molecular weight excluding hydrogens is 249 g/mol. The van der Waals surface area contributed by atoms with E-state index in [1.54, 1.807) is 13.0 Å². The summed E-state index contributed by atoms with van der Waals surface area (Å²) in [5, 5.41) is 0. The second-order valence-electron chi connectivity index (χ2n) is 3.21. The lowest BCUT2D eigenvalue weighted by Crippen LogP contribution is -2.19. The molecule has 4 heteroatoms. The highest BCUT2D eigenvalue weighted by atomic mass is 79.9. The maximum Gasteiger partial charge on any atom is 0.151 e. The second kappa shape index (κ2) is 4.19. The van der Waals surface area contributed by atoms with Crippen molar-refractivity contribution in [2.45, 2.75) is 19.9 Å². The molecule has 2 nitrogen and oxygen atoms in total. The third-order valence-electron chi connectivity index (χ3n) is 2.05. The van der Waals surface area contributed by atoms with Crippen molar-refractivity contribution in [1.29, 1.82) is 0 Å². The Bertz CT molecular complexity index is 379. The van der Waals surface area contributed by atoms with Crippen LogP contribution >= 0.6 is 15.9 Å². The number of ketones is 1. The Morgan fingerprint density at radius 1 is 1.57 bits per heavy atom. The summed E-state index contributed by atoms with van der Waals surface area (Å²) in [4.78, 5) is 11.1. The zero-order chi connectivity index (χ0) is 10.9. The summed E-state index contributed by atoms with van der Waals surface area (Å²) < 4.78 is 13.6. The number of hydrogen-bond donors (Lipinski definition) is 1. The fraction of sp³-hybridized carbons (Fsp3) is 0.300. The van der Waals surface area contributed by atoms with Crippen LogP contribution in [0.1, 0.15) is 24.1 Å². The van der Waals surface area contributed by atoms with Gasteiger partial charge < -0.3 is 5.73 Å². The van der Waals surface area contributed by atoms with Gasteiger partial charge in [0, 0.05) is 4.47 Å². The van der Waals surface area contributed by atoms with E-state index in [4.69, 9.17) is 5.73 Å². The smallest absolute Gasteiger partial charge is 0.151 e. The van der Waals surface area contributed by atoms with Crippen molar-refractivity contribution in [2.75, 3.05) is 0 Å². The SMILES string of the molecule is CC(=O)C(N)c1cc(C)c(F)cc1Br. The van der Waals surface area contributed by atoms with Gasteiger partial charge in [-0.25, -0.2) is 4.39 Å². The normalized spacial score (nSPS) is 12.6. The predicted octanol–water partition coefficient (Wildman–Crippen LogP) is 2.49. The minimum Gasteiger partial charge on any atom is -0.318 e. The van der Waals surface area contributed by atoms with Gasteiger partial charge in [0.1, 0.15) is 5.82 Å². The lowest BCUT2D eigenvalue weighted by atomic mass is 10.0. The van der Waals surface area contributed by atoms with Gasteiger partial charge in [0.25, 0.3) is 0 Å². The van der Waals surface area contributed by atoms with Gasteiger partial charge in [-0.05, 0) is 31.0 Å². The summed E-state index contributed by atoms with van der Waals surface area (Å²) in [5.74, 6) is -0.451. The summed E-state index contributed by atoms with van der Waals surface area (Å²) in [5.41, 5.74) is 6.76. The first kappa shape index (κ1) is 11.3. The van der Waals surface area contributed by atoms with Gasteiger partial charge in [-0.3, -0.25) is 4.79 Å². The number of benzene rings is 1. The molecule has 0 heterocycles. The molecule has 1 aromatic carbocycles. The summed E-state index contributed by atoms with van der Waals surface area (Å²) in [6.45, 7) is 3.05. The van der Waals surface area contributed by atoms with E-state index in [2.05, 4.69) is 15.9 Å². The first-order chi connectivity index (χ1) is 6.43. The second-order valence-corrected chi connectivity index (χ2v) is 4.07. The molecule has 1 aromatic rings. The Morgan fingerprint density at radius 2 is 2.14 bits per heavy atom. The molecule has 0 fully saturated rings. The largest absolute Gasteiger partial charge is 0.318 e. The van der Waals surface area contributed by atoms with Gasteiger partial charge in [-0.15, -0.1) is 0 Å². The van der Waals surface area contributed by atoms with Gasteiger partial charge in [0.2, 0.25) is 0 Å². The molecule has 0 aliphatic heterocycles. The third kappa shape index (κ3) is 2.19. The van der Waals surface area contributed by atoms with Crippen LogP contribution in [0.5, 0.6) is 0 Å². The van der Waals surface area contributed by atoms with Gasteiger partial charge >= 0.3 is 0 Å². The Balaban J connectivity index is 3.22. The number of aryl methyl sites for hydroxylation is 1. The van der Waals surface area contributed by atoms with Crippen molar-refractivity contribution in [3.8, 4) is 0 Å². The van der Waals surface area contributed by atoms with Gasteiger partial charge in [0.15, 0.2) is 5.78 Å². The molecule has 14 heavy (non-hydrogen) atoms. The highest BCUT2D eigenvalue weighted by Crippen LogP contribution is 2.25. The highest BCUT2D eigenvalue weighted by molar-refractivity contribution is 9.10. The van der Waals surface area contributed by atoms with E-state index in [0.717, 1.165) is 0 Å². The fourth-order valence-corrected chi connectivity index (χ4v) is 1.70. The zero-order valence-electron chi connectivity index (χ0n) is 7.97. The molecule has 0 saturated carbocycles. The minimum absolute atomic E-state index is 0.142. The molecule has 1 unspecified atom stereocenters. The summed E-state index contributed by atoms with van der Waals surface area (Å²) in [7, 11) is 0. The number of nitrogens with two attached hydrogens (primary N) is 1. The Morgan fingerprint density at radius 3 is 2.64 bits per heavy atom. The van der Waals surface area contributed by atoms with Crippen LogP contribution in [-0.2, 0) is 4.79 Å². The maximum absolute atomic E-state index is 13.1. The molecular formula is C10H11BrFNO. The number of halogens is 2. The van der Waals surface area contributed by atoms with Crippen molar-refractivity contribution in [1.82, 2.24) is 0 Å². The number of Topliss-reactive ketones (excluding diaryl/α,β-unsaturated/α-hetero) is 1. The average molecular weight is 260 g/mol. The molecule has 1 atom stereocenters. The van der Waals surface area contributed by atoms with E-state index in [1.807, 2.05) is 0 Å². The van der Waals surface area contributed by atoms with Crippen molar-refractivity contribution >= 4 is 21.7 Å². The van der Waals surface area contributed by atoms with Crippen LogP contribution in [0.3, 0.4) is 0 Å². The first-order valence-corrected chi connectivity index (χ1v) is 4.94. The standard InChI is InChI=1S/C10H11BrFNO/c1-5-3-7(10(13)6(2)14)8(11)4-9(5)12/h3-4,10H,13H2,1-2H3. The van der Waals surface area contributed by atoms with Crippen LogP contribution in [0.4, 0.5) is 4.39 Å². The summed E-state index contributed by atoms with van der Waals surface area (Å²) >= 11 is 3.18. The molecule has 0 aromatic heterocycles. The summed E-state index contributed by atoms with van der Waals surface area (Å²) in [6, 6.07) is 2.22. The zero-order valence-corrected chi connectivity index (χ0v) is 9.56. The molecule has 0 radical (unpaired) electrons. The van der Waals surface area contributed by atoms with Crippen molar-refractivity contribution in [3.63, 3.8) is 0 Å².